The van der Waals surface area contributed by atoms with E-state index in [-0.39, 0.29) is 0 Å². The van der Waals surface area contributed by atoms with Crippen molar-refractivity contribution in [2.24, 2.45) is 0 Å². The van der Waals surface area contributed by atoms with Crippen LogP contribution >= 0.6 is 11.8 Å². The molecule has 0 unspecified atom stereocenters. The van der Waals surface area contributed by atoms with Crippen LogP contribution in [0.5, 0.6) is 0 Å². The van der Waals surface area contributed by atoms with Crippen LogP contribution in [-0.4, -0.2) is 15.2 Å². The van der Waals surface area contributed by atoms with Gasteiger partial charge in [0.15, 0.2) is 0 Å². The summed E-state index contributed by atoms with van der Waals surface area (Å²) in [7, 11) is 0. The highest BCUT2D eigenvalue weighted by Gasteiger charge is 2.02. The zero-order valence-electron chi connectivity index (χ0n) is 12.4. The summed E-state index contributed by atoms with van der Waals surface area (Å²) in [6.07, 6.45) is 3.97. The molecule has 0 radical (unpaired) electrons. The molecular weight excluding hydrogens is 290 g/mol. The Labute approximate surface area is 134 Å². The predicted molar refractivity (Wildman–Crippen MR) is 92.5 cm³/mol. The van der Waals surface area contributed by atoms with E-state index in [0.717, 1.165) is 22.3 Å². The number of nitrogens with zero attached hydrogens (tertiary/aromatic N) is 2. The number of hydrogen-bond donors (Lipinski definition) is 1. The van der Waals surface area contributed by atoms with Crippen molar-refractivity contribution < 1.29 is 0 Å². The first-order valence-corrected chi connectivity index (χ1v) is 8.12. The molecule has 22 heavy (non-hydrogen) atoms. The summed E-state index contributed by atoms with van der Waals surface area (Å²) < 4.78 is 0. The Morgan fingerprint density at radius 1 is 1.05 bits per heavy atom. The quantitative estimate of drug-likeness (QED) is 0.702. The van der Waals surface area contributed by atoms with Gasteiger partial charge in [-0.15, -0.1) is 5.10 Å². The van der Waals surface area contributed by atoms with E-state index in [1.165, 1.54) is 11.1 Å². The monoisotopic (exact) mass is 307 g/mol. The van der Waals surface area contributed by atoms with Crippen molar-refractivity contribution in [3.8, 4) is 0 Å². The Morgan fingerprint density at radius 2 is 1.91 bits per heavy atom. The maximum atomic E-state index is 4.47. The van der Waals surface area contributed by atoms with E-state index in [1.54, 1.807) is 11.8 Å². The largest absolute Gasteiger partial charge is 0.259 e. The maximum Gasteiger partial charge on any atom is 0.209 e. The lowest BCUT2D eigenvalue weighted by Gasteiger charge is -1.99. The Bertz CT molecular complexity index is 763. The van der Waals surface area contributed by atoms with E-state index in [0.29, 0.717) is 0 Å². The minimum Gasteiger partial charge on any atom is -0.259 e. The zero-order chi connectivity index (χ0) is 15.2. The van der Waals surface area contributed by atoms with E-state index in [1.807, 2.05) is 30.4 Å². The molecule has 0 aliphatic rings. The summed E-state index contributed by atoms with van der Waals surface area (Å²) >= 11 is 1.64. The van der Waals surface area contributed by atoms with Crippen molar-refractivity contribution in [3.05, 3.63) is 77.1 Å². The van der Waals surface area contributed by atoms with Crippen molar-refractivity contribution in [2.45, 2.75) is 17.8 Å². The van der Waals surface area contributed by atoms with Gasteiger partial charge in [0.1, 0.15) is 5.82 Å². The molecule has 0 saturated carbocycles. The highest BCUT2D eigenvalue weighted by Crippen LogP contribution is 2.20. The summed E-state index contributed by atoms with van der Waals surface area (Å²) in [5, 5.41) is 7.97. The van der Waals surface area contributed by atoms with Crippen LogP contribution < -0.4 is 0 Å². The fraction of sp³-hybridized carbons (Fsp3) is 0.111. The molecule has 110 valence electrons. The minimum atomic E-state index is 0.772. The molecule has 2 aromatic carbocycles. The molecule has 3 aromatic rings. The fourth-order valence-electron chi connectivity index (χ4n) is 2.09. The molecule has 0 aliphatic carbocycles. The zero-order valence-corrected chi connectivity index (χ0v) is 13.2. The van der Waals surface area contributed by atoms with Crippen LogP contribution in [0.15, 0.2) is 59.8 Å². The third-order valence-corrected chi connectivity index (χ3v) is 4.08. The molecule has 4 heteroatoms. The van der Waals surface area contributed by atoms with Gasteiger partial charge >= 0.3 is 0 Å². The lowest BCUT2D eigenvalue weighted by Crippen LogP contribution is -1.83. The normalized spacial score (nSPS) is 11.1. The Balaban J connectivity index is 1.60. The van der Waals surface area contributed by atoms with Gasteiger partial charge in [-0.05, 0) is 24.1 Å². The topological polar surface area (TPSA) is 41.6 Å². The molecule has 0 spiro atoms. The molecule has 0 saturated heterocycles. The highest BCUT2D eigenvalue weighted by atomic mass is 32.2. The number of H-pyrrole nitrogens is 1. The summed E-state index contributed by atoms with van der Waals surface area (Å²) in [5.41, 5.74) is 3.71. The van der Waals surface area contributed by atoms with Crippen LogP contribution in [0.4, 0.5) is 0 Å². The highest BCUT2D eigenvalue weighted by molar-refractivity contribution is 7.98. The number of thioether (sulfide) groups is 1. The smallest absolute Gasteiger partial charge is 0.209 e. The second-order valence-corrected chi connectivity index (χ2v) is 5.97. The van der Waals surface area contributed by atoms with Crippen LogP contribution in [0, 0.1) is 6.92 Å². The van der Waals surface area contributed by atoms with Gasteiger partial charge in [0.2, 0.25) is 5.16 Å². The van der Waals surface area contributed by atoms with Crippen molar-refractivity contribution in [2.75, 3.05) is 0 Å². The first-order chi connectivity index (χ1) is 10.8. The first-order valence-electron chi connectivity index (χ1n) is 7.13. The first kappa shape index (κ1) is 14.6. The van der Waals surface area contributed by atoms with Crippen LogP contribution in [0.1, 0.15) is 22.5 Å². The lowest BCUT2D eigenvalue weighted by molar-refractivity contribution is 0.972. The van der Waals surface area contributed by atoms with Crippen molar-refractivity contribution in [3.63, 3.8) is 0 Å². The van der Waals surface area contributed by atoms with E-state index in [4.69, 9.17) is 0 Å². The molecule has 3 rings (SSSR count). The Morgan fingerprint density at radius 3 is 2.73 bits per heavy atom. The van der Waals surface area contributed by atoms with E-state index in [9.17, 15) is 0 Å². The molecule has 1 heterocycles. The molecule has 0 aliphatic heterocycles. The molecule has 1 aromatic heterocycles. The number of aryl methyl sites for hydroxylation is 1. The Kier molecular flexibility index (Phi) is 4.71. The summed E-state index contributed by atoms with van der Waals surface area (Å²) in [6, 6.07) is 18.7. The van der Waals surface area contributed by atoms with Gasteiger partial charge in [0, 0.05) is 5.75 Å². The number of rotatable bonds is 5. The van der Waals surface area contributed by atoms with E-state index < -0.39 is 0 Å². The Hall–Kier alpha value is -2.33. The average molecular weight is 307 g/mol. The van der Waals surface area contributed by atoms with Gasteiger partial charge < -0.3 is 0 Å². The standard InChI is InChI=1S/C18H17N3S/c1-14-6-5-9-16(12-14)13-22-18-19-17(20-21-18)11-10-15-7-3-2-4-8-15/h2-12H,13H2,1H3,(H,19,20,21)/b11-10+. The average Bonchev–Trinajstić information content (AvgIpc) is 3.00. The number of benzene rings is 2. The van der Waals surface area contributed by atoms with Gasteiger partial charge in [-0.25, -0.2) is 4.98 Å². The van der Waals surface area contributed by atoms with Gasteiger partial charge in [-0.2, -0.15) is 0 Å². The molecule has 0 bridgehead atoms. The minimum absolute atomic E-state index is 0.772. The molecule has 0 atom stereocenters. The van der Waals surface area contributed by atoms with Gasteiger partial charge in [0.05, 0.1) is 0 Å². The van der Waals surface area contributed by atoms with Crippen molar-refractivity contribution >= 4 is 23.9 Å². The maximum absolute atomic E-state index is 4.47. The second-order valence-electron chi connectivity index (χ2n) is 5.02. The van der Waals surface area contributed by atoms with Gasteiger partial charge in [-0.3, -0.25) is 5.10 Å². The van der Waals surface area contributed by atoms with Crippen LogP contribution in [-0.2, 0) is 5.75 Å². The second kappa shape index (κ2) is 7.09. The molecule has 0 amide bonds. The molecule has 1 N–H and O–H groups in total. The van der Waals surface area contributed by atoms with Crippen LogP contribution in [0.3, 0.4) is 0 Å². The summed E-state index contributed by atoms with van der Waals surface area (Å²) in [6.45, 7) is 2.10. The van der Waals surface area contributed by atoms with Gasteiger partial charge in [0.25, 0.3) is 0 Å². The predicted octanol–water partition coefficient (Wildman–Crippen LogP) is 4.58. The fourth-order valence-corrected chi connectivity index (χ4v) is 2.83. The lowest BCUT2D eigenvalue weighted by atomic mass is 10.2. The summed E-state index contributed by atoms with van der Waals surface area (Å²) in [5.74, 6) is 1.65. The van der Waals surface area contributed by atoms with Crippen LogP contribution in [0.25, 0.3) is 12.2 Å². The van der Waals surface area contributed by atoms with Crippen molar-refractivity contribution in [1.29, 1.82) is 0 Å². The van der Waals surface area contributed by atoms with Crippen molar-refractivity contribution in [1.82, 2.24) is 15.2 Å². The number of aromatic nitrogens is 3. The van der Waals surface area contributed by atoms with Crippen LogP contribution in [0.2, 0.25) is 0 Å². The third-order valence-electron chi connectivity index (χ3n) is 3.17. The van der Waals surface area contributed by atoms with E-state index in [2.05, 4.69) is 58.5 Å². The SMILES string of the molecule is Cc1cccc(CSc2n[nH]c(/C=C/c3ccccc3)n2)c1. The third kappa shape index (κ3) is 4.09. The van der Waals surface area contributed by atoms with Gasteiger partial charge in [-0.1, -0.05) is 78.0 Å². The number of nitrogens with one attached hydrogen (secondary N) is 1. The number of aromatic amines is 1. The summed E-state index contributed by atoms with van der Waals surface area (Å²) in [4.78, 5) is 4.47. The molecular formula is C18H17N3S. The molecule has 3 nitrogen and oxygen atoms in total. The number of hydrogen-bond acceptors (Lipinski definition) is 3. The molecule has 0 fully saturated rings. The van der Waals surface area contributed by atoms with E-state index >= 15 is 0 Å².